The molecule has 0 radical (unpaired) electrons. The zero-order chi connectivity index (χ0) is 14.3. The van der Waals surface area contributed by atoms with Crippen LogP contribution in [-0.2, 0) is 0 Å². The number of hydrogen-bond acceptors (Lipinski definition) is 0. The summed E-state index contributed by atoms with van der Waals surface area (Å²) >= 11 is 0. The van der Waals surface area contributed by atoms with Gasteiger partial charge in [0.25, 0.3) is 0 Å². The molecule has 2 aliphatic carbocycles. The Kier molecular flexibility index (Phi) is 4.00. The predicted octanol–water partition coefficient (Wildman–Crippen LogP) is 6.14. The Hall–Kier alpha value is -0.520. The van der Waals surface area contributed by atoms with E-state index in [1.807, 2.05) is 0 Å². The van der Waals surface area contributed by atoms with Crippen molar-refractivity contribution >= 4 is 0 Å². The standard InChI is InChI=1S/C19H32/c1-14(2)11-13-19(6)15(3)9-10-16-17(19)8-7-12-18(16,4)5/h8,11,15-16H,7,9-10,12-13H2,1-6H3/t15-,16+,19+/m1/s1. The van der Waals surface area contributed by atoms with Crippen LogP contribution in [0.1, 0.15) is 73.6 Å². The van der Waals surface area contributed by atoms with Gasteiger partial charge in [-0.2, -0.15) is 0 Å². The third-order valence-corrected chi connectivity index (χ3v) is 6.04. The van der Waals surface area contributed by atoms with E-state index in [0.29, 0.717) is 10.8 Å². The van der Waals surface area contributed by atoms with Gasteiger partial charge in [0.2, 0.25) is 0 Å². The first-order valence-electron chi connectivity index (χ1n) is 8.11. The van der Waals surface area contributed by atoms with E-state index >= 15 is 0 Å². The molecule has 0 saturated heterocycles. The lowest BCUT2D eigenvalue weighted by Gasteiger charge is -2.53. The van der Waals surface area contributed by atoms with Gasteiger partial charge in [-0.3, -0.25) is 0 Å². The summed E-state index contributed by atoms with van der Waals surface area (Å²) in [5, 5.41) is 0. The molecule has 0 N–H and O–H groups in total. The summed E-state index contributed by atoms with van der Waals surface area (Å²) in [6, 6.07) is 0. The van der Waals surface area contributed by atoms with Gasteiger partial charge < -0.3 is 0 Å². The van der Waals surface area contributed by atoms with Crippen LogP contribution in [0.3, 0.4) is 0 Å². The second kappa shape index (κ2) is 5.11. The van der Waals surface area contributed by atoms with Gasteiger partial charge in [-0.25, -0.2) is 0 Å². The second-order valence-corrected chi connectivity index (χ2v) is 8.12. The van der Waals surface area contributed by atoms with E-state index < -0.39 is 0 Å². The lowest BCUT2D eigenvalue weighted by atomic mass is 9.52. The molecule has 1 saturated carbocycles. The summed E-state index contributed by atoms with van der Waals surface area (Å²) in [7, 11) is 0. The normalized spacial score (nSPS) is 37.3. The summed E-state index contributed by atoms with van der Waals surface area (Å²) in [6.45, 7) is 14.4. The van der Waals surface area contributed by atoms with Crippen LogP contribution in [0.5, 0.6) is 0 Å². The van der Waals surface area contributed by atoms with Gasteiger partial charge in [0, 0.05) is 0 Å². The number of rotatable bonds is 2. The van der Waals surface area contributed by atoms with E-state index in [0.717, 1.165) is 11.8 Å². The molecule has 108 valence electrons. The van der Waals surface area contributed by atoms with Gasteiger partial charge in [0.15, 0.2) is 0 Å². The molecule has 0 aliphatic heterocycles. The van der Waals surface area contributed by atoms with Crippen molar-refractivity contribution in [2.24, 2.45) is 22.7 Å². The molecule has 0 amide bonds. The van der Waals surface area contributed by atoms with E-state index in [2.05, 4.69) is 53.7 Å². The molecule has 0 unspecified atom stereocenters. The van der Waals surface area contributed by atoms with Gasteiger partial charge >= 0.3 is 0 Å². The minimum Gasteiger partial charge on any atom is -0.0850 e. The van der Waals surface area contributed by atoms with Gasteiger partial charge in [-0.05, 0) is 68.6 Å². The Morgan fingerprint density at radius 2 is 1.95 bits per heavy atom. The van der Waals surface area contributed by atoms with Gasteiger partial charge in [-0.15, -0.1) is 0 Å². The molecule has 0 heterocycles. The Balaban J connectivity index is 2.35. The van der Waals surface area contributed by atoms with Crippen molar-refractivity contribution < 1.29 is 0 Å². The molecule has 0 aromatic rings. The fraction of sp³-hybridized carbons (Fsp3) is 0.789. The SMILES string of the molecule is CC(C)=CC[C@]1(C)C2=CCCC(C)(C)[C@H]2CC[C@H]1C. The molecule has 19 heavy (non-hydrogen) atoms. The van der Waals surface area contributed by atoms with Gasteiger partial charge in [-0.1, -0.05) is 51.0 Å². The average Bonchev–Trinajstić information content (AvgIpc) is 2.31. The highest BCUT2D eigenvalue weighted by Crippen LogP contribution is 2.57. The van der Waals surface area contributed by atoms with E-state index in [1.54, 1.807) is 5.57 Å². The van der Waals surface area contributed by atoms with Crippen molar-refractivity contribution in [2.75, 3.05) is 0 Å². The minimum atomic E-state index is 0.401. The van der Waals surface area contributed by atoms with Crippen molar-refractivity contribution in [1.82, 2.24) is 0 Å². The molecule has 0 nitrogen and oxygen atoms in total. The van der Waals surface area contributed by atoms with Crippen molar-refractivity contribution in [3.05, 3.63) is 23.3 Å². The lowest BCUT2D eigenvalue weighted by molar-refractivity contribution is 0.0884. The van der Waals surface area contributed by atoms with E-state index in [4.69, 9.17) is 0 Å². The van der Waals surface area contributed by atoms with E-state index in [1.165, 1.54) is 37.7 Å². The Bertz CT molecular complexity index is 392. The van der Waals surface area contributed by atoms with Crippen LogP contribution >= 0.6 is 0 Å². The van der Waals surface area contributed by atoms with Crippen LogP contribution in [0.4, 0.5) is 0 Å². The van der Waals surface area contributed by atoms with E-state index in [9.17, 15) is 0 Å². The van der Waals surface area contributed by atoms with Crippen molar-refractivity contribution in [3.63, 3.8) is 0 Å². The lowest BCUT2D eigenvalue weighted by Crippen LogP contribution is -2.42. The molecule has 2 rings (SSSR count). The number of fused-ring (bicyclic) bond motifs is 1. The van der Waals surface area contributed by atoms with E-state index in [-0.39, 0.29) is 0 Å². The zero-order valence-corrected chi connectivity index (χ0v) is 13.8. The van der Waals surface area contributed by atoms with Crippen LogP contribution < -0.4 is 0 Å². The number of hydrogen-bond donors (Lipinski definition) is 0. The minimum absolute atomic E-state index is 0.401. The maximum absolute atomic E-state index is 2.60. The van der Waals surface area contributed by atoms with Crippen LogP contribution in [-0.4, -0.2) is 0 Å². The summed E-state index contributed by atoms with van der Waals surface area (Å²) < 4.78 is 0. The maximum Gasteiger partial charge on any atom is -0.00533 e. The third-order valence-electron chi connectivity index (χ3n) is 6.04. The van der Waals surface area contributed by atoms with Crippen molar-refractivity contribution in [3.8, 4) is 0 Å². The molecule has 0 bridgehead atoms. The second-order valence-electron chi connectivity index (χ2n) is 8.12. The third kappa shape index (κ3) is 2.69. The monoisotopic (exact) mass is 260 g/mol. The van der Waals surface area contributed by atoms with Crippen LogP contribution in [0.15, 0.2) is 23.3 Å². The fourth-order valence-electron chi connectivity index (χ4n) is 4.27. The Morgan fingerprint density at radius 1 is 1.26 bits per heavy atom. The predicted molar refractivity (Wildman–Crippen MR) is 85.1 cm³/mol. The molecule has 0 aromatic heterocycles. The largest absolute Gasteiger partial charge is 0.0850 e. The first kappa shape index (κ1) is 14.9. The zero-order valence-electron chi connectivity index (χ0n) is 13.8. The van der Waals surface area contributed by atoms with Crippen molar-refractivity contribution in [2.45, 2.75) is 73.6 Å². The first-order chi connectivity index (χ1) is 8.77. The average molecular weight is 260 g/mol. The maximum atomic E-state index is 2.60. The molecule has 0 aromatic carbocycles. The summed E-state index contributed by atoms with van der Waals surface area (Å²) in [6.07, 6.45) is 11.8. The highest BCUT2D eigenvalue weighted by Gasteiger charge is 2.47. The van der Waals surface area contributed by atoms with Crippen LogP contribution in [0.25, 0.3) is 0 Å². The highest BCUT2D eigenvalue weighted by molar-refractivity contribution is 5.27. The fourth-order valence-corrected chi connectivity index (χ4v) is 4.27. The molecule has 2 aliphatic rings. The molecular formula is C19H32. The Morgan fingerprint density at radius 3 is 2.58 bits per heavy atom. The Labute approximate surface area is 120 Å². The van der Waals surface area contributed by atoms with Crippen molar-refractivity contribution in [1.29, 1.82) is 0 Å². The smallest absolute Gasteiger partial charge is 0.00533 e. The summed E-state index contributed by atoms with van der Waals surface area (Å²) in [5.41, 5.74) is 4.17. The van der Waals surface area contributed by atoms with Crippen LogP contribution in [0.2, 0.25) is 0 Å². The first-order valence-corrected chi connectivity index (χ1v) is 8.11. The topological polar surface area (TPSA) is 0 Å². The van der Waals surface area contributed by atoms with Gasteiger partial charge in [0.1, 0.15) is 0 Å². The molecule has 0 spiro atoms. The van der Waals surface area contributed by atoms with Gasteiger partial charge in [0.05, 0.1) is 0 Å². The molecule has 3 atom stereocenters. The molecular weight excluding hydrogens is 228 g/mol. The highest BCUT2D eigenvalue weighted by atomic mass is 14.5. The number of allylic oxidation sites excluding steroid dienone is 4. The molecule has 1 fully saturated rings. The summed E-state index contributed by atoms with van der Waals surface area (Å²) in [4.78, 5) is 0. The summed E-state index contributed by atoms with van der Waals surface area (Å²) in [5.74, 6) is 1.65. The molecule has 0 heteroatoms. The quantitative estimate of drug-likeness (QED) is 0.523. The van der Waals surface area contributed by atoms with Crippen LogP contribution in [0, 0.1) is 22.7 Å².